The molecule has 168 valence electrons. The second kappa shape index (κ2) is 7.30. The first kappa shape index (κ1) is 20.9. The van der Waals surface area contributed by atoms with Crippen LogP contribution in [-0.2, 0) is 11.8 Å². The molecule has 0 radical (unpaired) electrons. The summed E-state index contributed by atoms with van der Waals surface area (Å²) in [6.45, 7) is 2.63. The second-order valence-corrected chi connectivity index (χ2v) is 9.04. The van der Waals surface area contributed by atoms with Gasteiger partial charge in [0.05, 0.1) is 23.2 Å². The average Bonchev–Trinajstić information content (AvgIpc) is 3.44. The van der Waals surface area contributed by atoms with E-state index >= 15 is 0 Å². The van der Waals surface area contributed by atoms with E-state index in [1.807, 2.05) is 49.0 Å². The third-order valence-corrected chi connectivity index (χ3v) is 6.80. The summed E-state index contributed by atoms with van der Waals surface area (Å²) in [5, 5.41) is 4.70. The van der Waals surface area contributed by atoms with Gasteiger partial charge in [0.25, 0.3) is 0 Å². The highest BCUT2D eigenvalue weighted by molar-refractivity contribution is 5.95. The van der Waals surface area contributed by atoms with Crippen LogP contribution < -0.4 is 5.32 Å². The maximum Gasteiger partial charge on any atom is 0.395 e. The van der Waals surface area contributed by atoms with E-state index in [0.717, 1.165) is 27.9 Å². The highest BCUT2D eigenvalue weighted by atomic mass is 19.4. The maximum atomic E-state index is 13.1. The third-order valence-electron chi connectivity index (χ3n) is 6.80. The van der Waals surface area contributed by atoms with Crippen LogP contribution in [0, 0.1) is 18.3 Å². The number of nitrogens with zero attached hydrogens (tertiary/aromatic N) is 4. The summed E-state index contributed by atoms with van der Waals surface area (Å²) in [6, 6.07) is 7.83. The van der Waals surface area contributed by atoms with Crippen molar-refractivity contribution in [2.45, 2.75) is 25.9 Å². The number of amides is 1. The molecule has 3 heterocycles. The van der Waals surface area contributed by atoms with Crippen molar-refractivity contribution in [2.75, 3.05) is 25.0 Å². The lowest BCUT2D eigenvalue weighted by molar-refractivity contribution is -0.195. The number of hydrogen-bond acceptors (Lipinski definition) is 4. The van der Waals surface area contributed by atoms with Crippen molar-refractivity contribution in [3.63, 3.8) is 0 Å². The van der Waals surface area contributed by atoms with Gasteiger partial charge in [-0.3, -0.25) is 4.79 Å². The number of aryl methyl sites for hydroxylation is 1. The summed E-state index contributed by atoms with van der Waals surface area (Å²) in [5.41, 5.74) is 0.449. The normalized spacial score (nSPS) is 18.5. The number of likely N-dealkylation sites (tertiary alicyclic amines) is 1. The number of fused-ring (bicyclic) bond motifs is 1. The van der Waals surface area contributed by atoms with E-state index in [0.29, 0.717) is 18.9 Å². The third kappa shape index (κ3) is 3.64. The maximum absolute atomic E-state index is 13.1. The molecular weight excluding hydrogens is 419 g/mol. The van der Waals surface area contributed by atoms with Crippen LogP contribution in [0.4, 0.5) is 19.0 Å². The smallest absolute Gasteiger partial charge is 0.331 e. The van der Waals surface area contributed by atoms with Crippen LogP contribution in [0.2, 0.25) is 0 Å². The molecule has 1 amide bonds. The van der Waals surface area contributed by atoms with Crippen LogP contribution in [0.5, 0.6) is 0 Å². The van der Waals surface area contributed by atoms with Crippen LogP contribution in [0.3, 0.4) is 0 Å². The molecule has 1 saturated heterocycles. The van der Waals surface area contributed by atoms with Gasteiger partial charge in [-0.05, 0) is 37.3 Å². The minimum Gasteiger partial charge on any atom is -0.331 e. The lowest BCUT2D eigenvalue weighted by Gasteiger charge is -2.40. The van der Waals surface area contributed by atoms with Crippen molar-refractivity contribution in [1.29, 1.82) is 0 Å². The standard InChI is InChI=1S/C23H24F3N5O/c1-14-27-10-19(30(14)2)15-3-4-16-9-28-20(8-17(16)7-15)29-21(32)18-11-31(12-18)13-22(5-6-22)23(24,25)26/h3-4,7-10,18H,5-6,11-13H2,1-2H3,(H,28,29,32). The summed E-state index contributed by atoms with van der Waals surface area (Å²) in [5.74, 6) is 0.831. The Kier molecular flexibility index (Phi) is 4.77. The first-order valence-electron chi connectivity index (χ1n) is 10.6. The summed E-state index contributed by atoms with van der Waals surface area (Å²) < 4.78 is 41.4. The van der Waals surface area contributed by atoms with Gasteiger partial charge < -0.3 is 14.8 Å². The van der Waals surface area contributed by atoms with E-state index < -0.39 is 11.6 Å². The fraction of sp³-hybridized carbons (Fsp3) is 0.435. The Morgan fingerprint density at radius 2 is 1.91 bits per heavy atom. The van der Waals surface area contributed by atoms with Gasteiger partial charge in [-0.1, -0.05) is 12.1 Å². The number of alkyl halides is 3. The van der Waals surface area contributed by atoms with Gasteiger partial charge in [-0.2, -0.15) is 13.2 Å². The highest BCUT2D eigenvalue weighted by Gasteiger charge is 2.64. The molecule has 0 atom stereocenters. The number of pyridine rings is 1. The van der Waals surface area contributed by atoms with Gasteiger partial charge in [0, 0.05) is 43.8 Å². The molecule has 3 aromatic rings. The molecule has 1 aromatic carbocycles. The largest absolute Gasteiger partial charge is 0.395 e. The molecule has 6 nitrogen and oxygen atoms in total. The van der Waals surface area contributed by atoms with E-state index in [4.69, 9.17) is 0 Å². The zero-order valence-corrected chi connectivity index (χ0v) is 17.9. The number of carbonyl (C=O) groups excluding carboxylic acids is 1. The number of rotatable bonds is 5. The Morgan fingerprint density at radius 3 is 2.53 bits per heavy atom. The Hall–Kier alpha value is -2.94. The van der Waals surface area contributed by atoms with E-state index in [1.165, 1.54) is 0 Å². The lowest BCUT2D eigenvalue weighted by atomic mass is 9.95. The number of carbonyl (C=O) groups is 1. The van der Waals surface area contributed by atoms with Gasteiger partial charge in [0.15, 0.2) is 0 Å². The van der Waals surface area contributed by atoms with Crippen LogP contribution in [0.15, 0.2) is 36.7 Å². The zero-order valence-electron chi connectivity index (χ0n) is 17.9. The Labute approximate surface area is 183 Å². The first-order valence-corrected chi connectivity index (χ1v) is 10.6. The molecule has 9 heteroatoms. The Bertz CT molecular complexity index is 1190. The molecule has 2 aromatic heterocycles. The summed E-state index contributed by atoms with van der Waals surface area (Å²) in [7, 11) is 1.96. The van der Waals surface area contributed by atoms with Gasteiger partial charge in [-0.15, -0.1) is 0 Å². The van der Waals surface area contributed by atoms with Gasteiger partial charge in [-0.25, -0.2) is 9.97 Å². The van der Waals surface area contributed by atoms with Crippen molar-refractivity contribution in [2.24, 2.45) is 18.4 Å². The van der Waals surface area contributed by atoms with Crippen LogP contribution >= 0.6 is 0 Å². The molecule has 1 aliphatic heterocycles. The molecule has 2 fully saturated rings. The number of hydrogen-bond donors (Lipinski definition) is 1. The molecule has 5 rings (SSSR count). The quantitative estimate of drug-likeness (QED) is 0.643. The van der Waals surface area contributed by atoms with Crippen LogP contribution in [-0.4, -0.2) is 51.2 Å². The number of imidazole rings is 1. The molecule has 1 N–H and O–H groups in total. The fourth-order valence-corrected chi connectivity index (χ4v) is 4.34. The summed E-state index contributed by atoms with van der Waals surface area (Å²) >= 11 is 0. The highest BCUT2D eigenvalue weighted by Crippen LogP contribution is 2.58. The number of nitrogens with one attached hydrogen (secondary N) is 1. The van der Waals surface area contributed by atoms with Crippen molar-refractivity contribution in [3.05, 3.63) is 42.5 Å². The molecule has 1 aliphatic carbocycles. The summed E-state index contributed by atoms with van der Waals surface area (Å²) in [6.07, 6.45) is -0.261. The number of aromatic nitrogens is 3. The summed E-state index contributed by atoms with van der Waals surface area (Å²) in [4.78, 5) is 23.0. The molecule has 0 spiro atoms. The SMILES string of the molecule is Cc1ncc(-c2ccc3cnc(NC(=O)C4CN(CC5(C(F)(F)F)CC5)C4)cc3c2)n1C. The monoisotopic (exact) mass is 443 g/mol. The van der Waals surface area contributed by atoms with Gasteiger partial charge in [0.1, 0.15) is 11.6 Å². The molecule has 0 unspecified atom stereocenters. The molecule has 2 aliphatic rings. The Morgan fingerprint density at radius 1 is 1.16 bits per heavy atom. The predicted octanol–water partition coefficient (Wildman–Crippen LogP) is 4.16. The minimum absolute atomic E-state index is 0.00916. The van der Waals surface area contributed by atoms with E-state index in [1.54, 1.807) is 11.1 Å². The molecule has 1 saturated carbocycles. The van der Waals surface area contributed by atoms with Crippen molar-refractivity contribution >= 4 is 22.5 Å². The second-order valence-electron chi connectivity index (χ2n) is 9.04. The Balaban J connectivity index is 1.24. The molecule has 32 heavy (non-hydrogen) atoms. The lowest BCUT2D eigenvalue weighted by Crippen LogP contribution is -2.55. The number of anilines is 1. The fourth-order valence-electron chi connectivity index (χ4n) is 4.34. The number of halogens is 3. The van der Waals surface area contributed by atoms with Gasteiger partial charge >= 0.3 is 6.18 Å². The predicted molar refractivity (Wildman–Crippen MR) is 115 cm³/mol. The van der Waals surface area contributed by atoms with Crippen molar-refractivity contribution in [1.82, 2.24) is 19.4 Å². The van der Waals surface area contributed by atoms with E-state index in [2.05, 4.69) is 15.3 Å². The zero-order chi connectivity index (χ0) is 22.7. The van der Waals surface area contributed by atoms with Crippen molar-refractivity contribution in [3.8, 4) is 11.3 Å². The van der Waals surface area contributed by atoms with E-state index in [-0.39, 0.29) is 31.2 Å². The van der Waals surface area contributed by atoms with Gasteiger partial charge in [0.2, 0.25) is 5.91 Å². The molecular formula is C23H24F3N5O. The number of benzene rings is 1. The minimum atomic E-state index is -4.16. The molecule has 0 bridgehead atoms. The van der Waals surface area contributed by atoms with Crippen LogP contribution in [0.1, 0.15) is 18.7 Å². The first-order chi connectivity index (χ1) is 15.1. The van der Waals surface area contributed by atoms with Crippen molar-refractivity contribution < 1.29 is 18.0 Å². The van der Waals surface area contributed by atoms with Crippen LogP contribution in [0.25, 0.3) is 22.0 Å². The average molecular weight is 443 g/mol. The topological polar surface area (TPSA) is 63.1 Å². The van der Waals surface area contributed by atoms with E-state index in [9.17, 15) is 18.0 Å².